The monoisotopic (exact) mass is 278 g/mol. The molecule has 18 heavy (non-hydrogen) atoms. The molecule has 6 heteroatoms. The van der Waals surface area contributed by atoms with Crippen LogP contribution in [0.5, 0.6) is 0 Å². The Balaban J connectivity index is 4.57. The quantitative estimate of drug-likeness (QED) is 0.560. The van der Waals surface area contributed by atoms with Crippen LogP contribution in [0.1, 0.15) is 40.5 Å². The number of rotatable bonds is 11. The van der Waals surface area contributed by atoms with Gasteiger partial charge in [-0.25, -0.2) is 0 Å². The van der Waals surface area contributed by atoms with E-state index < -0.39 is 8.80 Å². The van der Waals surface area contributed by atoms with Gasteiger partial charge in [0.25, 0.3) is 0 Å². The number of nitrogens with two attached hydrogens (primary N) is 2. The average molecular weight is 278 g/mol. The minimum atomic E-state index is -2.58. The van der Waals surface area contributed by atoms with Gasteiger partial charge >= 0.3 is 8.80 Å². The average Bonchev–Trinajstić information content (AvgIpc) is 2.25. The lowest BCUT2D eigenvalue weighted by Crippen LogP contribution is -2.49. The van der Waals surface area contributed by atoms with Crippen LogP contribution in [-0.4, -0.2) is 40.7 Å². The predicted molar refractivity (Wildman–Crippen MR) is 76.3 cm³/mol. The Bertz CT molecular complexity index is 200. The molecule has 0 rings (SSSR count). The maximum absolute atomic E-state index is 6.09. The van der Waals surface area contributed by atoms with Crippen molar-refractivity contribution in [2.45, 2.75) is 58.7 Å². The molecular weight excluding hydrogens is 248 g/mol. The third-order valence-electron chi connectivity index (χ3n) is 2.50. The Morgan fingerprint density at radius 3 is 2.06 bits per heavy atom. The second kappa shape index (κ2) is 9.88. The Labute approximate surface area is 113 Å². The first-order valence-electron chi connectivity index (χ1n) is 6.91. The summed E-state index contributed by atoms with van der Waals surface area (Å²) in [6.07, 6.45) is 1.71. The van der Waals surface area contributed by atoms with E-state index in [9.17, 15) is 0 Å². The van der Waals surface area contributed by atoms with E-state index in [1.165, 1.54) is 0 Å². The van der Waals surface area contributed by atoms with Gasteiger partial charge in [-0.05, 0) is 47.1 Å². The first kappa shape index (κ1) is 18.0. The molecule has 0 saturated carbocycles. The molecule has 0 aliphatic rings. The van der Waals surface area contributed by atoms with Crippen LogP contribution in [0.15, 0.2) is 0 Å². The van der Waals surface area contributed by atoms with Crippen molar-refractivity contribution in [2.24, 2.45) is 11.5 Å². The molecule has 0 aromatic carbocycles. The normalized spacial score (nSPS) is 15.7. The van der Waals surface area contributed by atoms with Gasteiger partial charge in [-0.15, -0.1) is 0 Å². The second-order valence-corrected chi connectivity index (χ2v) is 7.26. The minimum Gasteiger partial charge on any atom is -0.374 e. The van der Waals surface area contributed by atoms with Gasteiger partial charge in [-0.3, -0.25) is 0 Å². The van der Waals surface area contributed by atoms with E-state index in [4.69, 9.17) is 24.7 Å². The van der Waals surface area contributed by atoms with E-state index in [0.29, 0.717) is 19.8 Å². The summed E-state index contributed by atoms with van der Waals surface area (Å²) in [6, 6.07) is 0.888. The minimum absolute atomic E-state index is 0.0486. The van der Waals surface area contributed by atoms with Crippen molar-refractivity contribution in [1.29, 1.82) is 0 Å². The SMILES string of the molecule is CCO[Si](CCCN)(OCC)OC(C)CC(C)N. The molecule has 0 saturated heterocycles. The molecule has 0 aromatic rings. The first-order valence-corrected chi connectivity index (χ1v) is 8.84. The zero-order chi connectivity index (χ0) is 14.0. The molecule has 0 heterocycles. The van der Waals surface area contributed by atoms with Gasteiger partial charge in [0, 0.05) is 31.4 Å². The van der Waals surface area contributed by atoms with Crippen LogP contribution < -0.4 is 11.5 Å². The highest BCUT2D eigenvalue weighted by atomic mass is 28.4. The van der Waals surface area contributed by atoms with Crippen LogP contribution in [0.2, 0.25) is 6.04 Å². The van der Waals surface area contributed by atoms with Crippen molar-refractivity contribution in [3.63, 3.8) is 0 Å². The van der Waals surface area contributed by atoms with Gasteiger partial charge < -0.3 is 24.7 Å². The van der Waals surface area contributed by atoms with Crippen molar-refractivity contribution in [3.05, 3.63) is 0 Å². The summed E-state index contributed by atoms with van der Waals surface area (Å²) in [4.78, 5) is 0. The molecule has 0 bridgehead atoms. The van der Waals surface area contributed by atoms with Crippen molar-refractivity contribution >= 4 is 8.80 Å². The summed E-state index contributed by atoms with van der Waals surface area (Å²) in [5.74, 6) is 0. The van der Waals surface area contributed by atoms with Crippen LogP contribution >= 0.6 is 0 Å². The molecule has 4 N–H and O–H groups in total. The van der Waals surface area contributed by atoms with Crippen molar-refractivity contribution in [1.82, 2.24) is 0 Å². The second-order valence-electron chi connectivity index (χ2n) is 4.58. The van der Waals surface area contributed by atoms with E-state index in [-0.39, 0.29) is 12.1 Å². The van der Waals surface area contributed by atoms with Gasteiger partial charge in [0.15, 0.2) is 0 Å². The summed E-state index contributed by atoms with van der Waals surface area (Å²) in [6.45, 7) is 9.74. The molecule has 0 spiro atoms. The Morgan fingerprint density at radius 1 is 1.11 bits per heavy atom. The highest BCUT2D eigenvalue weighted by Gasteiger charge is 2.41. The van der Waals surface area contributed by atoms with Crippen LogP contribution in [0.4, 0.5) is 0 Å². The fourth-order valence-corrected chi connectivity index (χ4v) is 4.80. The van der Waals surface area contributed by atoms with Gasteiger partial charge in [-0.1, -0.05) is 0 Å². The zero-order valence-electron chi connectivity index (χ0n) is 12.3. The molecule has 0 radical (unpaired) electrons. The molecule has 0 amide bonds. The largest absolute Gasteiger partial charge is 0.501 e. The zero-order valence-corrected chi connectivity index (χ0v) is 13.3. The predicted octanol–water partition coefficient (Wildman–Crippen LogP) is 1.49. The van der Waals surface area contributed by atoms with Gasteiger partial charge in [0.05, 0.1) is 0 Å². The van der Waals surface area contributed by atoms with Gasteiger partial charge in [0.2, 0.25) is 0 Å². The van der Waals surface area contributed by atoms with Crippen LogP contribution in [-0.2, 0) is 13.3 Å². The van der Waals surface area contributed by atoms with E-state index in [1.807, 2.05) is 27.7 Å². The summed E-state index contributed by atoms with van der Waals surface area (Å²) in [7, 11) is -2.58. The van der Waals surface area contributed by atoms with Crippen molar-refractivity contribution in [3.8, 4) is 0 Å². The van der Waals surface area contributed by atoms with Crippen LogP contribution in [0.3, 0.4) is 0 Å². The molecule has 2 atom stereocenters. The topological polar surface area (TPSA) is 79.7 Å². The standard InChI is InChI=1S/C12H30N2O3Si/c1-5-15-18(16-6-2,9-7-8-13)17-12(4)10-11(3)14/h11-12H,5-10,13-14H2,1-4H3. The van der Waals surface area contributed by atoms with Crippen LogP contribution in [0.25, 0.3) is 0 Å². The Kier molecular flexibility index (Phi) is 9.89. The van der Waals surface area contributed by atoms with Crippen molar-refractivity contribution < 1.29 is 13.3 Å². The summed E-state index contributed by atoms with van der Waals surface area (Å²) < 4.78 is 17.7. The van der Waals surface area contributed by atoms with E-state index in [0.717, 1.165) is 18.9 Å². The molecule has 5 nitrogen and oxygen atoms in total. The summed E-state index contributed by atoms with van der Waals surface area (Å²) >= 11 is 0. The maximum atomic E-state index is 6.09. The number of hydrogen-bond acceptors (Lipinski definition) is 5. The molecule has 110 valence electrons. The highest BCUT2D eigenvalue weighted by Crippen LogP contribution is 2.21. The molecule has 0 aliphatic carbocycles. The molecule has 0 aliphatic heterocycles. The lowest BCUT2D eigenvalue weighted by molar-refractivity contribution is 0.0338. The van der Waals surface area contributed by atoms with E-state index in [2.05, 4.69) is 0 Å². The molecule has 0 fully saturated rings. The lowest BCUT2D eigenvalue weighted by Gasteiger charge is -2.32. The van der Waals surface area contributed by atoms with E-state index in [1.54, 1.807) is 0 Å². The molecular formula is C12H30N2O3Si. The maximum Gasteiger partial charge on any atom is 0.501 e. The third-order valence-corrected chi connectivity index (χ3v) is 5.68. The van der Waals surface area contributed by atoms with Gasteiger partial charge in [-0.2, -0.15) is 0 Å². The smallest absolute Gasteiger partial charge is 0.374 e. The lowest BCUT2D eigenvalue weighted by atomic mass is 10.2. The molecule has 2 unspecified atom stereocenters. The number of hydrogen-bond donors (Lipinski definition) is 2. The fourth-order valence-electron chi connectivity index (χ4n) is 1.95. The summed E-state index contributed by atoms with van der Waals surface area (Å²) in [5.41, 5.74) is 11.4. The fraction of sp³-hybridized carbons (Fsp3) is 1.00. The van der Waals surface area contributed by atoms with E-state index >= 15 is 0 Å². The third kappa shape index (κ3) is 7.45. The van der Waals surface area contributed by atoms with Gasteiger partial charge in [0.1, 0.15) is 0 Å². The Morgan fingerprint density at radius 2 is 1.67 bits per heavy atom. The first-order chi connectivity index (χ1) is 8.49. The Hall–Kier alpha value is 0.0169. The summed E-state index contributed by atoms with van der Waals surface area (Å²) in [5, 5.41) is 0. The van der Waals surface area contributed by atoms with Crippen LogP contribution in [0, 0.1) is 0 Å². The highest BCUT2D eigenvalue weighted by molar-refractivity contribution is 6.60. The molecule has 0 aromatic heterocycles. The van der Waals surface area contributed by atoms with Crippen molar-refractivity contribution in [2.75, 3.05) is 19.8 Å².